The summed E-state index contributed by atoms with van der Waals surface area (Å²) in [7, 11) is 0. The molecule has 0 radical (unpaired) electrons. The third-order valence-corrected chi connectivity index (χ3v) is 5.65. The van der Waals surface area contributed by atoms with Crippen LogP contribution in [0, 0.1) is 0 Å². The van der Waals surface area contributed by atoms with Gasteiger partial charge in [-0.2, -0.15) is 0 Å². The molecule has 2 aliphatic carbocycles. The van der Waals surface area contributed by atoms with Gasteiger partial charge in [-0.15, -0.1) is 0 Å². The van der Waals surface area contributed by atoms with E-state index >= 15 is 0 Å². The van der Waals surface area contributed by atoms with Gasteiger partial charge in [-0.25, -0.2) is 0 Å². The first kappa shape index (κ1) is 25.0. The summed E-state index contributed by atoms with van der Waals surface area (Å²) in [5.41, 5.74) is 0. The van der Waals surface area contributed by atoms with Crippen molar-refractivity contribution in [2.75, 3.05) is 59.5 Å². The highest BCUT2D eigenvalue weighted by atomic mass is 16.7. The van der Waals surface area contributed by atoms with Gasteiger partial charge in [0.1, 0.15) is 0 Å². The molecule has 0 aliphatic heterocycles. The molecule has 0 heterocycles. The van der Waals surface area contributed by atoms with Crippen molar-refractivity contribution in [1.29, 1.82) is 0 Å². The van der Waals surface area contributed by atoms with Gasteiger partial charge in [-0.3, -0.25) is 0 Å². The molecule has 0 atom stereocenters. The largest absolute Gasteiger partial charge is 0.394 e. The lowest BCUT2D eigenvalue weighted by Crippen LogP contribution is -2.40. The summed E-state index contributed by atoms with van der Waals surface area (Å²) in [6.45, 7) is 6.16. The lowest BCUT2D eigenvalue weighted by atomic mass is 9.94. The van der Waals surface area contributed by atoms with Crippen LogP contribution in [0.1, 0.15) is 71.1 Å². The van der Waals surface area contributed by atoms with Crippen molar-refractivity contribution in [1.82, 2.24) is 0 Å². The first-order chi connectivity index (χ1) is 14.2. The van der Waals surface area contributed by atoms with Gasteiger partial charge in [-0.05, 0) is 32.6 Å². The van der Waals surface area contributed by atoms with Crippen LogP contribution in [0.4, 0.5) is 0 Å². The zero-order valence-electron chi connectivity index (χ0n) is 18.3. The van der Waals surface area contributed by atoms with Crippen molar-refractivity contribution in [3.63, 3.8) is 0 Å². The van der Waals surface area contributed by atoms with Crippen LogP contribution < -0.4 is 0 Å². The summed E-state index contributed by atoms with van der Waals surface area (Å²) >= 11 is 0. The molecule has 0 aromatic carbocycles. The normalized spacial score (nSPS) is 21.3. The fourth-order valence-electron chi connectivity index (χ4n) is 4.23. The number of rotatable bonds is 16. The minimum Gasteiger partial charge on any atom is -0.394 e. The van der Waals surface area contributed by atoms with Crippen LogP contribution in [0.2, 0.25) is 0 Å². The quantitative estimate of drug-likeness (QED) is 0.304. The summed E-state index contributed by atoms with van der Waals surface area (Å²) < 4.78 is 35.1. The lowest BCUT2D eigenvalue weighted by Gasteiger charge is -2.37. The van der Waals surface area contributed by atoms with E-state index in [4.69, 9.17) is 33.5 Å². The third kappa shape index (κ3) is 9.59. The molecule has 2 saturated carbocycles. The highest BCUT2D eigenvalue weighted by molar-refractivity contribution is 4.76. The zero-order chi connectivity index (χ0) is 20.7. The molecular weight excluding hydrogens is 376 g/mol. The Morgan fingerprint density at radius 3 is 1.38 bits per heavy atom. The van der Waals surface area contributed by atoms with Crippen LogP contribution in [0.25, 0.3) is 0 Å². The Balaban J connectivity index is 1.59. The van der Waals surface area contributed by atoms with Crippen molar-refractivity contribution in [3.05, 3.63) is 0 Å². The molecule has 1 N–H and O–H groups in total. The third-order valence-electron chi connectivity index (χ3n) is 5.65. The van der Waals surface area contributed by atoms with Gasteiger partial charge in [0.05, 0.1) is 52.9 Å². The first-order valence-electron chi connectivity index (χ1n) is 11.6. The molecule has 2 aliphatic rings. The summed E-state index contributed by atoms with van der Waals surface area (Å²) in [5, 5.41) is 8.76. The summed E-state index contributed by atoms with van der Waals surface area (Å²) in [4.78, 5) is 0. The minimum atomic E-state index is -0.512. The van der Waals surface area contributed by atoms with E-state index in [1.165, 1.54) is 25.7 Å². The molecule has 7 nitrogen and oxygen atoms in total. The van der Waals surface area contributed by atoms with Crippen molar-refractivity contribution in [2.45, 2.75) is 82.7 Å². The van der Waals surface area contributed by atoms with E-state index in [1.54, 1.807) is 0 Å². The first-order valence-corrected chi connectivity index (χ1v) is 11.6. The number of hydrogen-bond acceptors (Lipinski definition) is 7. The van der Waals surface area contributed by atoms with Gasteiger partial charge < -0.3 is 33.5 Å². The number of aliphatic hydroxyl groups excluding tert-OH is 1. The second-order valence-corrected chi connectivity index (χ2v) is 7.87. The topological polar surface area (TPSA) is 75.6 Å². The molecule has 0 amide bonds. The van der Waals surface area contributed by atoms with Crippen LogP contribution in [0.3, 0.4) is 0 Å². The van der Waals surface area contributed by atoms with Gasteiger partial charge >= 0.3 is 0 Å². The van der Waals surface area contributed by atoms with E-state index in [9.17, 15) is 0 Å². The van der Waals surface area contributed by atoms with Crippen molar-refractivity contribution in [2.24, 2.45) is 0 Å². The molecule has 2 rings (SSSR count). The Morgan fingerprint density at radius 2 is 0.966 bits per heavy atom. The Hall–Kier alpha value is -0.280. The number of hydrogen-bond donors (Lipinski definition) is 1. The van der Waals surface area contributed by atoms with Crippen LogP contribution in [0.15, 0.2) is 0 Å². The molecular formula is C22H42O7. The fourth-order valence-corrected chi connectivity index (χ4v) is 4.23. The van der Waals surface area contributed by atoms with Gasteiger partial charge in [0, 0.05) is 32.3 Å². The SMILES string of the molecule is CCOC1(OCCOCCOC2(OCCOCCO)CCCCC2)CCCCC1. The summed E-state index contributed by atoms with van der Waals surface area (Å²) in [6, 6.07) is 0. The average Bonchev–Trinajstić information content (AvgIpc) is 2.75. The van der Waals surface area contributed by atoms with E-state index < -0.39 is 11.6 Å². The fraction of sp³-hybridized carbons (Fsp3) is 1.00. The molecule has 0 unspecified atom stereocenters. The van der Waals surface area contributed by atoms with Crippen molar-refractivity contribution < 1.29 is 33.5 Å². The van der Waals surface area contributed by atoms with Crippen LogP contribution in [0.5, 0.6) is 0 Å². The monoisotopic (exact) mass is 418 g/mol. The van der Waals surface area contributed by atoms with E-state index in [1.807, 2.05) is 6.92 Å². The van der Waals surface area contributed by atoms with Crippen LogP contribution in [-0.2, 0) is 28.4 Å². The zero-order valence-corrected chi connectivity index (χ0v) is 18.3. The van der Waals surface area contributed by atoms with Gasteiger partial charge in [-0.1, -0.05) is 12.8 Å². The van der Waals surface area contributed by atoms with Gasteiger partial charge in [0.15, 0.2) is 11.6 Å². The number of ether oxygens (including phenoxy) is 6. The molecule has 0 saturated heterocycles. The lowest BCUT2D eigenvalue weighted by molar-refractivity contribution is -0.264. The Bertz CT molecular complexity index is 387. The highest BCUT2D eigenvalue weighted by Gasteiger charge is 2.34. The van der Waals surface area contributed by atoms with Crippen molar-refractivity contribution in [3.8, 4) is 0 Å². The Kier molecular flexibility index (Phi) is 12.6. The Morgan fingerprint density at radius 1 is 0.552 bits per heavy atom. The van der Waals surface area contributed by atoms with E-state index in [0.29, 0.717) is 52.9 Å². The second-order valence-electron chi connectivity index (χ2n) is 7.87. The standard InChI is InChI=1S/C22H42O7/c1-2-26-21(9-5-3-6-10-21)27-19-16-25-17-20-29-22(11-7-4-8-12-22)28-18-15-24-14-13-23/h23H,2-20H2,1H3. The summed E-state index contributed by atoms with van der Waals surface area (Å²) in [5.74, 6) is -0.910. The van der Waals surface area contributed by atoms with Gasteiger partial charge in [0.25, 0.3) is 0 Å². The molecule has 2 fully saturated rings. The number of aliphatic hydroxyl groups is 1. The van der Waals surface area contributed by atoms with E-state index in [2.05, 4.69) is 0 Å². The molecule has 0 aromatic rings. The van der Waals surface area contributed by atoms with E-state index in [0.717, 1.165) is 38.5 Å². The molecule has 172 valence electrons. The molecule has 0 spiro atoms. The second kappa shape index (κ2) is 14.7. The highest BCUT2D eigenvalue weighted by Crippen LogP contribution is 2.33. The maximum Gasteiger partial charge on any atom is 0.168 e. The molecule has 7 heteroatoms. The molecule has 0 aromatic heterocycles. The average molecular weight is 419 g/mol. The molecule has 29 heavy (non-hydrogen) atoms. The predicted octanol–water partition coefficient (Wildman–Crippen LogP) is 3.42. The maximum absolute atomic E-state index is 8.76. The smallest absolute Gasteiger partial charge is 0.168 e. The van der Waals surface area contributed by atoms with Crippen molar-refractivity contribution >= 4 is 0 Å². The van der Waals surface area contributed by atoms with Crippen LogP contribution in [-0.4, -0.2) is 76.1 Å². The van der Waals surface area contributed by atoms with Gasteiger partial charge in [0.2, 0.25) is 0 Å². The summed E-state index contributed by atoms with van der Waals surface area (Å²) in [6.07, 6.45) is 10.8. The molecule has 0 bridgehead atoms. The Labute approximate surface area is 176 Å². The predicted molar refractivity (Wildman–Crippen MR) is 110 cm³/mol. The maximum atomic E-state index is 8.76. The van der Waals surface area contributed by atoms with Crippen LogP contribution >= 0.6 is 0 Å². The minimum absolute atomic E-state index is 0.0361. The van der Waals surface area contributed by atoms with E-state index in [-0.39, 0.29) is 6.61 Å².